The van der Waals surface area contributed by atoms with Gasteiger partial charge >= 0.3 is 7.82 Å². The first-order chi connectivity index (χ1) is 11.2. The zero-order chi connectivity index (χ0) is 18.2. The van der Waals surface area contributed by atoms with Crippen LogP contribution in [0.5, 0.6) is 5.75 Å². The summed E-state index contributed by atoms with van der Waals surface area (Å²) in [6.07, 6.45) is -0.499. The Hall–Kier alpha value is -1.47. The normalized spacial score (nSPS) is 12.6. The average molecular weight is 357 g/mol. The van der Waals surface area contributed by atoms with Gasteiger partial charge in [-0.2, -0.15) is 0 Å². The maximum absolute atomic E-state index is 9.84. The fraction of sp³-hybridized carbons (Fsp3) is 0.375. The van der Waals surface area contributed by atoms with Gasteiger partial charge in [-0.25, -0.2) is 4.57 Å². The Morgan fingerprint density at radius 2 is 1.67 bits per heavy atom. The number of rotatable bonds is 6. The van der Waals surface area contributed by atoms with Crippen molar-refractivity contribution in [1.82, 2.24) is 5.32 Å². The van der Waals surface area contributed by atoms with Crippen LogP contribution in [0.25, 0.3) is 10.8 Å². The van der Waals surface area contributed by atoms with Gasteiger partial charge in [0, 0.05) is 18.0 Å². The molecule has 2 aromatic rings. The van der Waals surface area contributed by atoms with Crippen molar-refractivity contribution < 1.29 is 29.1 Å². The Labute approximate surface area is 141 Å². The first-order valence-corrected chi connectivity index (χ1v) is 9.03. The number of aliphatic hydroxyl groups is 1. The van der Waals surface area contributed by atoms with E-state index in [4.69, 9.17) is 24.0 Å². The molecular weight excluding hydrogens is 333 g/mol. The summed E-state index contributed by atoms with van der Waals surface area (Å²) in [6.45, 7) is 4.95. The van der Waals surface area contributed by atoms with Crippen LogP contribution in [0.2, 0.25) is 0 Å². The van der Waals surface area contributed by atoms with Crippen LogP contribution in [0.15, 0.2) is 42.5 Å². The molecule has 0 saturated heterocycles. The molecule has 0 fully saturated rings. The minimum atomic E-state index is -4.64. The summed E-state index contributed by atoms with van der Waals surface area (Å²) in [5.41, 5.74) is 0. The van der Waals surface area contributed by atoms with Crippen LogP contribution < -0.4 is 10.1 Å². The molecule has 24 heavy (non-hydrogen) atoms. The molecule has 0 bridgehead atoms. The monoisotopic (exact) mass is 357 g/mol. The van der Waals surface area contributed by atoms with Crippen molar-refractivity contribution >= 4 is 18.6 Å². The Morgan fingerprint density at radius 1 is 1.08 bits per heavy atom. The second kappa shape index (κ2) is 9.74. The highest BCUT2D eigenvalue weighted by Gasteiger charge is 2.07. The van der Waals surface area contributed by atoms with Gasteiger partial charge in [-0.05, 0) is 11.5 Å². The molecule has 7 nitrogen and oxygen atoms in total. The van der Waals surface area contributed by atoms with E-state index in [0.29, 0.717) is 19.2 Å². The van der Waals surface area contributed by atoms with Crippen molar-refractivity contribution in [2.75, 3.05) is 13.2 Å². The second-order valence-electron chi connectivity index (χ2n) is 5.52. The molecule has 5 N–H and O–H groups in total. The Morgan fingerprint density at radius 3 is 2.29 bits per heavy atom. The number of nitrogens with one attached hydrogen (secondary N) is 1. The predicted octanol–water partition coefficient (Wildman–Crippen LogP) is 1.65. The summed E-state index contributed by atoms with van der Waals surface area (Å²) in [5.74, 6) is 0.821. The molecule has 0 saturated carbocycles. The van der Waals surface area contributed by atoms with Crippen molar-refractivity contribution in [2.24, 2.45) is 0 Å². The van der Waals surface area contributed by atoms with Gasteiger partial charge in [0.2, 0.25) is 0 Å². The highest BCUT2D eigenvalue weighted by Crippen LogP contribution is 2.26. The van der Waals surface area contributed by atoms with E-state index in [1.807, 2.05) is 30.3 Å². The Balaban J connectivity index is 0.000000505. The highest BCUT2D eigenvalue weighted by atomic mass is 31.2. The molecule has 0 aliphatic heterocycles. The van der Waals surface area contributed by atoms with Gasteiger partial charge < -0.3 is 29.8 Å². The fourth-order valence-corrected chi connectivity index (χ4v) is 1.94. The van der Waals surface area contributed by atoms with Crippen molar-refractivity contribution in [3.63, 3.8) is 0 Å². The van der Waals surface area contributed by atoms with E-state index in [-0.39, 0.29) is 0 Å². The topological polar surface area (TPSA) is 119 Å². The minimum Gasteiger partial charge on any atom is -0.490 e. The summed E-state index contributed by atoms with van der Waals surface area (Å²) >= 11 is 0. The smallest absolute Gasteiger partial charge is 0.466 e. The number of ether oxygens (including phenoxy) is 1. The first-order valence-electron chi connectivity index (χ1n) is 7.47. The third-order valence-electron chi connectivity index (χ3n) is 2.94. The summed E-state index contributed by atoms with van der Waals surface area (Å²) in [7, 11) is -4.64. The van der Waals surface area contributed by atoms with Crippen LogP contribution >= 0.6 is 7.82 Å². The lowest BCUT2D eigenvalue weighted by molar-refractivity contribution is 0.105. The van der Waals surface area contributed by atoms with Gasteiger partial charge in [-0.15, -0.1) is 0 Å². The highest BCUT2D eigenvalue weighted by molar-refractivity contribution is 7.45. The predicted molar refractivity (Wildman–Crippen MR) is 92.9 cm³/mol. The number of aliphatic hydroxyl groups excluding tert-OH is 1. The molecule has 0 aromatic heterocycles. The molecule has 2 aromatic carbocycles. The van der Waals surface area contributed by atoms with E-state index < -0.39 is 13.9 Å². The van der Waals surface area contributed by atoms with Crippen LogP contribution in [0.4, 0.5) is 0 Å². The summed E-state index contributed by atoms with van der Waals surface area (Å²) < 4.78 is 14.6. The number of hydrogen-bond acceptors (Lipinski definition) is 4. The molecular formula is C16H24NO6P. The fourth-order valence-electron chi connectivity index (χ4n) is 1.94. The molecule has 2 rings (SSSR count). The molecule has 8 heteroatoms. The van der Waals surface area contributed by atoms with Gasteiger partial charge in [-0.1, -0.05) is 50.2 Å². The summed E-state index contributed by atoms with van der Waals surface area (Å²) in [4.78, 5) is 21.6. The standard InChI is InChI=1S/C16H21NO2.H3O4P/c1-12(2)17-10-14(18)11-19-16-9-5-7-13-6-3-4-8-15(13)16;1-5(2,3)4/h3-9,12,14,17-18H,10-11H2,1-2H3;(H3,1,2,3,4). The zero-order valence-corrected chi connectivity index (χ0v) is 14.6. The summed E-state index contributed by atoms with van der Waals surface area (Å²) in [6, 6.07) is 14.4. The van der Waals surface area contributed by atoms with E-state index in [0.717, 1.165) is 16.5 Å². The van der Waals surface area contributed by atoms with E-state index in [1.54, 1.807) is 0 Å². The van der Waals surface area contributed by atoms with Crippen molar-refractivity contribution in [3.05, 3.63) is 42.5 Å². The van der Waals surface area contributed by atoms with E-state index in [9.17, 15) is 5.11 Å². The minimum absolute atomic E-state index is 0.299. The van der Waals surface area contributed by atoms with Gasteiger partial charge in [0.05, 0.1) is 0 Å². The molecule has 0 aliphatic rings. The molecule has 0 radical (unpaired) electrons. The van der Waals surface area contributed by atoms with Gasteiger partial charge in [0.25, 0.3) is 0 Å². The quantitative estimate of drug-likeness (QED) is 0.499. The van der Waals surface area contributed by atoms with Crippen molar-refractivity contribution in [1.29, 1.82) is 0 Å². The largest absolute Gasteiger partial charge is 0.490 e. The summed E-state index contributed by atoms with van der Waals surface area (Å²) in [5, 5.41) is 15.3. The molecule has 1 unspecified atom stereocenters. The van der Waals surface area contributed by atoms with Crippen LogP contribution in [0.1, 0.15) is 13.8 Å². The molecule has 0 aliphatic carbocycles. The number of fused-ring (bicyclic) bond motifs is 1. The van der Waals surface area contributed by atoms with Crippen LogP contribution in [-0.2, 0) is 4.57 Å². The van der Waals surface area contributed by atoms with E-state index in [1.165, 1.54) is 0 Å². The lowest BCUT2D eigenvalue weighted by Gasteiger charge is -2.15. The third kappa shape index (κ3) is 8.98. The van der Waals surface area contributed by atoms with Crippen LogP contribution in [0.3, 0.4) is 0 Å². The first kappa shape index (κ1) is 20.6. The average Bonchev–Trinajstić information content (AvgIpc) is 2.49. The van der Waals surface area contributed by atoms with E-state index >= 15 is 0 Å². The van der Waals surface area contributed by atoms with E-state index in [2.05, 4.69) is 31.3 Å². The maximum Gasteiger partial charge on any atom is 0.466 e. The molecule has 134 valence electrons. The number of benzene rings is 2. The lowest BCUT2D eigenvalue weighted by Crippen LogP contribution is -2.35. The number of hydrogen-bond donors (Lipinski definition) is 5. The zero-order valence-electron chi connectivity index (χ0n) is 13.7. The third-order valence-corrected chi connectivity index (χ3v) is 2.94. The van der Waals surface area contributed by atoms with Gasteiger partial charge in [0.1, 0.15) is 18.5 Å². The lowest BCUT2D eigenvalue weighted by atomic mass is 10.1. The van der Waals surface area contributed by atoms with Crippen molar-refractivity contribution in [2.45, 2.75) is 26.0 Å². The molecule has 0 amide bonds. The van der Waals surface area contributed by atoms with Gasteiger partial charge in [0.15, 0.2) is 0 Å². The van der Waals surface area contributed by atoms with Crippen LogP contribution in [-0.4, -0.2) is 45.1 Å². The molecule has 1 atom stereocenters. The Kier molecular flexibility index (Phi) is 8.35. The second-order valence-corrected chi connectivity index (χ2v) is 6.54. The molecule has 0 spiro atoms. The SMILES string of the molecule is CC(C)NCC(O)COc1cccc2ccccc12.O=P(O)(O)O. The van der Waals surface area contributed by atoms with Crippen molar-refractivity contribution in [3.8, 4) is 5.75 Å². The van der Waals surface area contributed by atoms with Gasteiger partial charge in [-0.3, -0.25) is 0 Å². The maximum atomic E-state index is 9.84. The molecule has 0 heterocycles. The number of phosphoric acid groups is 1. The van der Waals surface area contributed by atoms with Crippen LogP contribution in [0, 0.1) is 0 Å². The Bertz CT molecular complexity index is 659.